The van der Waals surface area contributed by atoms with Crippen LogP contribution in [0.4, 0.5) is 15.9 Å². The maximum absolute atomic E-state index is 13.0. The highest BCUT2D eigenvalue weighted by Gasteiger charge is 2.29. The molecular formula is C24H30FN7O3. The third kappa shape index (κ3) is 7.76. The molecule has 0 fully saturated rings. The number of anilines is 2. The van der Waals surface area contributed by atoms with Crippen LogP contribution in [0.3, 0.4) is 0 Å². The van der Waals surface area contributed by atoms with Gasteiger partial charge >= 0.3 is 6.08 Å². The first-order chi connectivity index (χ1) is 16.6. The van der Waals surface area contributed by atoms with Gasteiger partial charge in [-0.1, -0.05) is 17.7 Å². The molecule has 2 heterocycles. The number of likely N-dealkylation sites (N-methyl/N-ethyl adjacent to an activating group) is 1. The van der Waals surface area contributed by atoms with Crippen molar-refractivity contribution in [2.75, 3.05) is 30.8 Å². The van der Waals surface area contributed by atoms with Gasteiger partial charge in [-0.25, -0.2) is 4.98 Å². The SMILES string of the molecule is Cc1ccc(OCC(C)(C)N(C)C(=O)Cn2cc(NC(=O)CCNc3ccnc(F)n3)cn2)cc1. The zero-order valence-corrected chi connectivity index (χ0v) is 20.3. The molecule has 0 aliphatic carbocycles. The van der Waals surface area contributed by atoms with Crippen molar-refractivity contribution < 1.29 is 18.7 Å². The van der Waals surface area contributed by atoms with Crippen molar-refractivity contribution in [2.45, 2.75) is 39.3 Å². The molecule has 0 aliphatic heterocycles. The number of rotatable bonds is 11. The number of nitrogens with zero attached hydrogens (tertiary/aromatic N) is 5. The quantitative estimate of drug-likeness (QED) is 0.403. The monoisotopic (exact) mass is 483 g/mol. The number of aryl methyl sites for hydroxylation is 1. The second kappa shape index (κ2) is 11.4. The van der Waals surface area contributed by atoms with Crippen molar-refractivity contribution >= 4 is 23.3 Å². The molecule has 0 atom stereocenters. The summed E-state index contributed by atoms with van der Waals surface area (Å²) in [5.74, 6) is 0.638. The maximum atomic E-state index is 13.0. The van der Waals surface area contributed by atoms with E-state index in [9.17, 15) is 14.0 Å². The lowest BCUT2D eigenvalue weighted by Crippen LogP contribution is -2.50. The van der Waals surface area contributed by atoms with Gasteiger partial charge in [-0.2, -0.15) is 14.5 Å². The van der Waals surface area contributed by atoms with Gasteiger partial charge in [0.1, 0.15) is 24.7 Å². The molecule has 1 aromatic carbocycles. The highest BCUT2D eigenvalue weighted by molar-refractivity contribution is 5.90. The molecule has 0 spiro atoms. The van der Waals surface area contributed by atoms with Crippen molar-refractivity contribution in [1.82, 2.24) is 24.6 Å². The zero-order chi connectivity index (χ0) is 25.4. The fourth-order valence-corrected chi connectivity index (χ4v) is 3.05. The molecule has 186 valence electrons. The first kappa shape index (κ1) is 25.6. The van der Waals surface area contributed by atoms with Crippen LogP contribution in [0.25, 0.3) is 0 Å². The maximum Gasteiger partial charge on any atom is 0.310 e. The number of nitrogens with one attached hydrogen (secondary N) is 2. The summed E-state index contributed by atoms with van der Waals surface area (Å²) < 4.78 is 20.3. The molecule has 0 radical (unpaired) electrons. The molecule has 0 saturated heterocycles. The molecule has 2 amide bonds. The van der Waals surface area contributed by atoms with Crippen LogP contribution in [0.2, 0.25) is 0 Å². The zero-order valence-electron chi connectivity index (χ0n) is 20.3. The predicted octanol–water partition coefficient (Wildman–Crippen LogP) is 2.88. The van der Waals surface area contributed by atoms with Crippen molar-refractivity contribution in [1.29, 1.82) is 0 Å². The van der Waals surface area contributed by atoms with E-state index >= 15 is 0 Å². The van der Waals surface area contributed by atoms with Crippen molar-refractivity contribution in [3.8, 4) is 5.75 Å². The summed E-state index contributed by atoms with van der Waals surface area (Å²) in [5, 5.41) is 9.73. The van der Waals surface area contributed by atoms with Gasteiger partial charge in [-0.3, -0.25) is 14.3 Å². The molecule has 10 nitrogen and oxygen atoms in total. The van der Waals surface area contributed by atoms with Crippen LogP contribution < -0.4 is 15.4 Å². The number of hydrogen-bond acceptors (Lipinski definition) is 7. The molecule has 2 aromatic heterocycles. The van der Waals surface area contributed by atoms with Gasteiger partial charge in [0.15, 0.2) is 0 Å². The summed E-state index contributed by atoms with van der Waals surface area (Å²) in [6.07, 6.45) is 3.65. The van der Waals surface area contributed by atoms with Crippen LogP contribution >= 0.6 is 0 Å². The number of hydrogen-bond donors (Lipinski definition) is 2. The Bertz CT molecular complexity index is 1150. The molecule has 35 heavy (non-hydrogen) atoms. The van der Waals surface area contributed by atoms with E-state index in [1.807, 2.05) is 45.0 Å². The molecule has 2 N–H and O–H groups in total. The molecule has 0 bridgehead atoms. The Morgan fingerprint density at radius 1 is 1.20 bits per heavy atom. The average Bonchev–Trinajstić information content (AvgIpc) is 3.24. The van der Waals surface area contributed by atoms with Crippen LogP contribution in [-0.4, -0.2) is 62.2 Å². The molecular weight excluding hydrogens is 453 g/mol. The predicted molar refractivity (Wildman–Crippen MR) is 129 cm³/mol. The number of carbonyl (C=O) groups excluding carboxylic acids is 2. The number of halogens is 1. The van der Waals surface area contributed by atoms with Gasteiger partial charge in [0.05, 0.1) is 17.4 Å². The highest BCUT2D eigenvalue weighted by Crippen LogP contribution is 2.18. The molecule has 11 heteroatoms. The summed E-state index contributed by atoms with van der Waals surface area (Å²) in [4.78, 5) is 33.6. The fraction of sp³-hybridized carbons (Fsp3) is 0.375. The van der Waals surface area contributed by atoms with Gasteiger partial charge in [-0.05, 0) is 39.0 Å². The van der Waals surface area contributed by atoms with E-state index in [2.05, 4.69) is 25.7 Å². The Morgan fingerprint density at radius 2 is 1.94 bits per heavy atom. The van der Waals surface area contributed by atoms with Crippen LogP contribution in [0.15, 0.2) is 48.9 Å². The van der Waals surface area contributed by atoms with E-state index in [0.29, 0.717) is 18.1 Å². The number of benzene rings is 1. The minimum Gasteiger partial charge on any atom is -0.491 e. The van der Waals surface area contributed by atoms with Gasteiger partial charge in [-0.15, -0.1) is 0 Å². The highest BCUT2D eigenvalue weighted by atomic mass is 19.1. The summed E-state index contributed by atoms with van der Waals surface area (Å²) >= 11 is 0. The lowest BCUT2D eigenvalue weighted by atomic mass is 10.0. The standard InChI is InChI=1S/C24H30FN7O3/c1-17-5-7-19(8-6-17)35-16-24(2,3)31(4)22(34)15-32-14-18(13-28-32)29-21(33)10-12-26-20-9-11-27-23(25)30-20/h5-9,11,13-14H,10,12,15-16H2,1-4H3,(H,29,33)(H,26,27,30). The van der Waals surface area contributed by atoms with Gasteiger partial charge in [0, 0.05) is 32.4 Å². The van der Waals surface area contributed by atoms with E-state index in [1.54, 1.807) is 18.1 Å². The first-order valence-electron chi connectivity index (χ1n) is 11.1. The van der Waals surface area contributed by atoms with Crippen LogP contribution in [0.5, 0.6) is 5.75 Å². The van der Waals surface area contributed by atoms with Crippen molar-refractivity contribution in [2.24, 2.45) is 0 Å². The largest absolute Gasteiger partial charge is 0.491 e. The Balaban J connectivity index is 1.44. The van der Waals surface area contributed by atoms with E-state index in [4.69, 9.17) is 4.74 Å². The Hall–Kier alpha value is -4.02. The third-order valence-corrected chi connectivity index (χ3v) is 5.39. The van der Waals surface area contributed by atoms with Gasteiger partial charge in [0.25, 0.3) is 0 Å². The number of carbonyl (C=O) groups is 2. The topological polar surface area (TPSA) is 114 Å². The smallest absolute Gasteiger partial charge is 0.310 e. The van der Waals surface area contributed by atoms with Crippen LogP contribution in [-0.2, 0) is 16.1 Å². The lowest BCUT2D eigenvalue weighted by molar-refractivity contribution is -0.136. The van der Waals surface area contributed by atoms with Gasteiger partial charge in [0.2, 0.25) is 11.8 Å². The lowest BCUT2D eigenvalue weighted by Gasteiger charge is -2.35. The average molecular weight is 484 g/mol. The number of amides is 2. The molecule has 3 aromatic rings. The van der Waals surface area contributed by atoms with Crippen molar-refractivity contribution in [3.05, 3.63) is 60.6 Å². The minimum absolute atomic E-state index is 0.0150. The van der Waals surface area contributed by atoms with E-state index in [0.717, 1.165) is 11.3 Å². The first-order valence-corrected chi connectivity index (χ1v) is 11.1. The summed E-state index contributed by atoms with van der Waals surface area (Å²) in [6.45, 7) is 6.47. The van der Waals surface area contributed by atoms with Crippen LogP contribution in [0, 0.1) is 13.0 Å². The third-order valence-electron chi connectivity index (χ3n) is 5.39. The Kier molecular flexibility index (Phi) is 8.34. The molecule has 0 unspecified atom stereocenters. The number of aromatic nitrogens is 4. The number of ether oxygens (including phenoxy) is 1. The second-order valence-electron chi connectivity index (χ2n) is 8.73. The molecule has 0 aliphatic rings. The molecule has 0 saturated carbocycles. The minimum atomic E-state index is -0.839. The fourth-order valence-electron chi connectivity index (χ4n) is 3.05. The summed E-state index contributed by atoms with van der Waals surface area (Å²) in [5.41, 5.74) is 1.07. The summed E-state index contributed by atoms with van der Waals surface area (Å²) in [6, 6.07) is 9.26. The summed E-state index contributed by atoms with van der Waals surface area (Å²) in [7, 11) is 1.73. The van der Waals surface area contributed by atoms with Gasteiger partial charge < -0.3 is 20.3 Å². The molecule has 3 rings (SSSR count). The Labute approximate surface area is 203 Å². The van der Waals surface area contributed by atoms with Crippen molar-refractivity contribution in [3.63, 3.8) is 0 Å². The normalized spacial score (nSPS) is 11.1. The van der Waals surface area contributed by atoms with E-state index in [-0.39, 0.29) is 31.3 Å². The van der Waals surface area contributed by atoms with E-state index in [1.165, 1.54) is 23.1 Å². The van der Waals surface area contributed by atoms with Crippen LogP contribution in [0.1, 0.15) is 25.8 Å². The second-order valence-corrected chi connectivity index (χ2v) is 8.73. The Morgan fingerprint density at radius 3 is 2.66 bits per heavy atom. The van der Waals surface area contributed by atoms with E-state index < -0.39 is 11.6 Å².